The average molecular weight is 257 g/mol. The second kappa shape index (κ2) is 5.34. The molecule has 0 saturated carbocycles. The first-order valence-corrected chi connectivity index (χ1v) is 6.46. The molecule has 94 valence electrons. The molecule has 2 nitrogen and oxygen atoms in total. The van der Waals surface area contributed by atoms with Crippen LogP contribution in [0.25, 0.3) is 0 Å². The second-order valence-electron chi connectivity index (χ2n) is 4.61. The maximum atomic E-state index is 13.5. The lowest BCUT2D eigenvalue weighted by Crippen LogP contribution is -2.32. The summed E-state index contributed by atoms with van der Waals surface area (Å²) >= 11 is 5.70. The summed E-state index contributed by atoms with van der Waals surface area (Å²) in [6.07, 6.45) is 2.05. The summed E-state index contributed by atoms with van der Waals surface area (Å²) in [7, 11) is 0. The van der Waals surface area contributed by atoms with E-state index in [4.69, 9.17) is 17.3 Å². The van der Waals surface area contributed by atoms with Crippen LogP contribution in [-0.4, -0.2) is 24.0 Å². The molecule has 0 radical (unpaired) electrons. The molecule has 2 rings (SSSR count). The Hall–Kier alpha value is -0.640. The van der Waals surface area contributed by atoms with Gasteiger partial charge in [-0.3, -0.25) is 4.90 Å². The SMILES string of the molecule is CCCN1CCC(N)C1c1ccc(Cl)c(F)c1. The van der Waals surface area contributed by atoms with E-state index in [0.717, 1.165) is 31.5 Å². The van der Waals surface area contributed by atoms with Gasteiger partial charge in [0.1, 0.15) is 5.82 Å². The Labute approximate surface area is 107 Å². The van der Waals surface area contributed by atoms with Gasteiger partial charge < -0.3 is 5.73 Å². The van der Waals surface area contributed by atoms with Crippen LogP contribution in [0.1, 0.15) is 31.4 Å². The number of benzene rings is 1. The number of rotatable bonds is 3. The molecule has 1 saturated heterocycles. The van der Waals surface area contributed by atoms with Crippen LogP contribution in [0.5, 0.6) is 0 Å². The van der Waals surface area contributed by atoms with Crippen LogP contribution in [0.3, 0.4) is 0 Å². The second-order valence-corrected chi connectivity index (χ2v) is 5.01. The zero-order chi connectivity index (χ0) is 12.4. The molecule has 1 aromatic rings. The summed E-state index contributed by atoms with van der Waals surface area (Å²) < 4.78 is 13.5. The first kappa shape index (κ1) is 12.8. The molecule has 1 aromatic carbocycles. The number of nitrogens with zero attached hydrogens (tertiary/aromatic N) is 1. The van der Waals surface area contributed by atoms with E-state index in [0.29, 0.717) is 0 Å². The van der Waals surface area contributed by atoms with Crippen molar-refractivity contribution < 1.29 is 4.39 Å². The number of nitrogens with two attached hydrogens (primary N) is 1. The van der Waals surface area contributed by atoms with Gasteiger partial charge in [0.25, 0.3) is 0 Å². The fraction of sp³-hybridized carbons (Fsp3) is 0.538. The van der Waals surface area contributed by atoms with E-state index in [1.807, 2.05) is 6.07 Å². The largest absolute Gasteiger partial charge is 0.326 e. The van der Waals surface area contributed by atoms with Gasteiger partial charge in [0, 0.05) is 12.6 Å². The van der Waals surface area contributed by atoms with Crippen molar-refractivity contribution in [2.75, 3.05) is 13.1 Å². The van der Waals surface area contributed by atoms with Gasteiger partial charge in [-0.25, -0.2) is 4.39 Å². The maximum Gasteiger partial charge on any atom is 0.142 e. The molecule has 17 heavy (non-hydrogen) atoms. The van der Waals surface area contributed by atoms with Gasteiger partial charge in [-0.15, -0.1) is 0 Å². The Morgan fingerprint density at radius 3 is 2.94 bits per heavy atom. The van der Waals surface area contributed by atoms with Gasteiger partial charge in [0.2, 0.25) is 0 Å². The van der Waals surface area contributed by atoms with Crippen LogP contribution >= 0.6 is 11.6 Å². The minimum atomic E-state index is -0.361. The van der Waals surface area contributed by atoms with Crippen LogP contribution in [0, 0.1) is 5.82 Å². The van der Waals surface area contributed by atoms with Crippen LogP contribution in [-0.2, 0) is 0 Å². The minimum Gasteiger partial charge on any atom is -0.326 e. The van der Waals surface area contributed by atoms with Crippen LogP contribution in [0.2, 0.25) is 5.02 Å². The Bertz CT molecular complexity index is 395. The van der Waals surface area contributed by atoms with E-state index in [2.05, 4.69) is 11.8 Å². The number of halogens is 2. The third-order valence-corrected chi connectivity index (χ3v) is 3.65. The predicted molar refractivity (Wildman–Crippen MR) is 68.6 cm³/mol. The van der Waals surface area contributed by atoms with Crippen LogP contribution < -0.4 is 5.73 Å². The average Bonchev–Trinajstić information content (AvgIpc) is 2.65. The monoisotopic (exact) mass is 256 g/mol. The van der Waals surface area contributed by atoms with Crippen LogP contribution in [0.4, 0.5) is 4.39 Å². The van der Waals surface area contributed by atoms with Crippen molar-refractivity contribution in [1.82, 2.24) is 4.90 Å². The molecule has 0 aliphatic carbocycles. The molecular formula is C13H18ClFN2. The van der Waals surface area contributed by atoms with E-state index in [1.165, 1.54) is 6.07 Å². The summed E-state index contributed by atoms with van der Waals surface area (Å²) in [5.41, 5.74) is 7.06. The fourth-order valence-corrected chi connectivity index (χ4v) is 2.69. The van der Waals surface area contributed by atoms with Gasteiger partial charge in [0.05, 0.1) is 11.1 Å². The topological polar surface area (TPSA) is 29.3 Å². The Balaban J connectivity index is 2.26. The van der Waals surface area contributed by atoms with Gasteiger partial charge in [-0.2, -0.15) is 0 Å². The summed E-state index contributed by atoms with van der Waals surface area (Å²) in [4.78, 5) is 2.33. The van der Waals surface area contributed by atoms with Crippen molar-refractivity contribution in [1.29, 1.82) is 0 Å². The van der Waals surface area contributed by atoms with Gasteiger partial charge in [0.15, 0.2) is 0 Å². The molecule has 2 N–H and O–H groups in total. The molecule has 0 bridgehead atoms. The highest BCUT2D eigenvalue weighted by Gasteiger charge is 2.32. The molecule has 1 aliphatic heterocycles. The smallest absolute Gasteiger partial charge is 0.142 e. The van der Waals surface area contributed by atoms with Gasteiger partial charge in [-0.05, 0) is 37.1 Å². The highest BCUT2D eigenvalue weighted by atomic mass is 35.5. The highest BCUT2D eigenvalue weighted by Crippen LogP contribution is 2.32. The van der Waals surface area contributed by atoms with Crippen molar-refractivity contribution in [2.45, 2.75) is 31.8 Å². The van der Waals surface area contributed by atoms with E-state index in [9.17, 15) is 4.39 Å². The number of likely N-dealkylation sites (tertiary alicyclic amines) is 1. The zero-order valence-electron chi connectivity index (χ0n) is 10.00. The zero-order valence-corrected chi connectivity index (χ0v) is 10.8. The first-order chi connectivity index (χ1) is 8.13. The van der Waals surface area contributed by atoms with E-state index in [1.54, 1.807) is 6.07 Å². The van der Waals surface area contributed by atoms with E-state index >= 15 is 0 Å². The molecule has 1 aliphatic rings. The Kier molecular flexibility index (Phi) is 4.02. The summed E-state index contributed by atoms with van der Waals surface area (Å²) in [6, 6.07) is 5.22. The minimum absolute atomic E-state index is 0.0853. The third-order valence-electron chi connectivity index (χ3n) is 3.34. The molecule has 0 aromatic heterocycles. The maximum absolute atomic E-state index is 13.5. The quantitative estimate of drug-likeness (QED) is 0.901. The van der Waals surface area contributed by atoms with Crippen molar-refractivity contribution >= 4 is 11.6 Å². The highest BCUT2D eigenvalue weighted by molar-refractivity contribution is 6.30. The van der Waals surface area contributed by atoms with E-state index < -0.39 is 0 Å². The molecule has 2 unspecified atom stereocenters. The van der Waals surface area contributed by atoms with E-state index in [-0.39, 0.29) is 22.9 Å². The molecule has 1 fully saturated rings. The summed E-state index contributed by atoms with van der Waals surface area (Å²) in [6.45, 7) is 4.13. The van der Waals surface area contributed by atoms with Gasteiger partial charge >= 0.3 is 0 Å². The van der Waals surface area contributed by atoms with Crippen molar-refractivity contribution in [3.63, 3.8) is 0 Å². The third kappa shape index (κ3) is 2.62. The predicted octanol–water partition coefficient (Wildman–Crippen LogP) is 2.96. The lowest BCUT2D eigenvalue weighted by molar-refractivity contribution is 0.248. The number of hydrogen-bond donors (Lipinski definition) is 1. The molecule has 2 atom stereocenters. The molecule has 0 spiro atoms. The summed E-state index contributed by atoms with van der Waals surface area (Å²) in [5, 5.41) is 0.169. The van der Waals surface area contributed by atoms with Crippen molar-refractivity contribution in [3.8, 4) is 0 Å². The Morgan fingerprint density at radius 1 is 1.53 bits per heavy atom. The Morgan fingerprint density at radius 2 is 2.29 bits per heavy atom. The summed E-state index contributed by atoms with van der Waals surface area (Å²) in [5.74, 6) is -0.361. The molecule has 0 amide bonds. The fourth-order valence-electron chi connectivity index (χ4n) is 2.58. The van der Waals surface area contributed by atoms with Crippen LogP contribution in [0.15, 0.2) is 18.2 Å². The molecule has 4 heteroatoms. The lowest BCUT2D eigenvalue weighted by atomic mass is 10.0. The lowest BCUT2D eigenvalue weighted by Gasteiger charge is -2.26. The van der Waals surface area contributed by atoms with Crippen molar-refractivity contribution in [3.05, 3.63) is 34.6 Å². The first-order valence-electron chi connectivity index (χ1n) is 6.08. The van der Waals surface area contributed by atoms with Crippen molar-refractivity contribution in [2.24, 2.45) is 5.73 Å². The normalized spacial score (nSPS) is 25.4. The number of hydrogen-bond acceptors (Lipinski definition) is 2. The van der Waals surface area contributed by atoms with Gasteiger partial charge in [-0.1, -0.05) is 24.6 Å². The molecular weight excluding hydrogens is 239 g/mol. The molecule has 1 heterocycles. The standard InChI is InChI=1S/C13H18ClFN2/c1-2-6-17-7-5-12(16)13(17)9-3-4-10(14)11(15)8-9/h3-4,8,12-13H,2,5-7,16H2,1H3.